The number of carbonyl (C=O) groups is 2. The molecule has 0 radical (unpaired) electrons. The van der Waals surface area contributed by atoms with Gasteiger partial charge in [-0.15, -0.1) is 0 Å². The third kappa shape index (κ3) is 10.4. The highest BCUT2D eigenvalue weighted by Gasteiger charge is 2.44. The first-order valence-electron chi connectivity index (χ1n) is 15.5. The first-order valence-corrected chi connectivity index (χ1v) is 15.5. The van der Waals surface area contributed by atoms with Crippen molar-refractivity contribution in [3.63, 3.8) is 0 Å². The maximum atomic E-state index is 13.6. The van der Waals surface area contributed by atoms with Gasteiger partial charge in [-0.1, -0.05) is 45.9 Å². The highest BCUT2D eigenvalue weighted by Crippen LogP contribution is 2.44. The van der Waals surface area contributed by atoms with Crippen LogP contribution in [0.1, 0.15) is 53.0 Å². The van der Waals surface area contributed by atoms with Crippen molar-refractivity contribution in [3.05, 3.63) is 75.5 Å². The van der Waals surface area contributed by atoms with Crippen LogP contribution < -0.4 is 14.8 Å². The number of esters is 2. The molecule has 0 aliphatic carbocycles. The van der Waals surface area contributed by atoms with Gasteiger partial charge in [-0.2, -0.15) is 0 Å². The average Bonchev–Trinajstić information content (AvgIpc) is 3.01. The molecule has 3 rings (SSSR count). The number of aliphatic imine (C=N–C) groups is 1. The number of rotatable bonds is 17. The second-order valence-electron chi connectivity index (χ2n) is 12.0. The summed E-state index contributed by atoms with van der Waals surface area (Å²) >= 11 is 0. The van der Waals surface area contributed by atoms with Crippen molar-refractivity contribution in [3.8, 4) is 11.5 Å². The number of nitrogens with one attached hydrogen (secondary N) is 1. The second-order valence-corrected chi connectivity index (χ2v) is 12.0. The molecular formula is C34H45N3O9. The van der Waals surface area contributed by atoms with E-state index in [0.717, 1.165) is 0 Å². The molecule has 3 atom stereocenters. The van der Waals surface area contributed by atoms with Crippen molar-refractivity contribution >= 4 is 23.3 Å². The van der Waals surface area contributed by atoms with Gasteiger partial charge in [-0.3, -0.25) is 19.9 Å². The van der Waals surface area contributed by atoms with Gasteiger partial charge in [-0.25, -0.2) is 4.79 Å². The van der Waals surface area contributed by atoms with Crippen molar-refractivity contribution in [1.82, 2.24) is 5.32 Å². The Kier molecular flexibility index (Phi) is 13.7. The van der Waals surface area contributed by atoms with Gasteiger partial charge >= 0.3 is 11.9 Å². The number of nitro groups is 1. The zero-order valence-electron chi connectivity index (χ0n) is 27.4. The van der Waals surface area contributed by atoms with Crippen molar-refractivity contribution < 1.29 is 38.6 Å². The molecule has 2 aromatic carbocycles. The third-order valence-corrected chi connectivity index (χ3v) is 7.05. The number of nitrogens with zero attached hydrogens (tertiary/aromatic N) is 2. The Bertz CT molecular complexity index is 1410. The minimum absolute atomic E-state index is 0.0524. The standard InChI is InChI=1S/C34H45N3O9/c1-21(2)18-45-33(39)30-23(5)36-24(6)31(34(40)46-19-22(3)4)32(30)28-16-25(37(41)42)12-13-29(28)43-15-14-35-17-26(38)20-44-27-10-8-7-9-11-27/h7-13,16,21-22,26,30,32,35,38H,14-15,17-20H2,1-6H3. The van der Waals surface area contributed by atoms with Gasteiger partial charge in [0.2, 0.25) is 0 Å². The highest BCUT2D eigenvalue weighted by molar-refractivity contribution is 6.07. The molecule has 0 spiro atoms. The molecule has 12 heteroatoms. The van der Waals surface area contributed by atoms with Gasteiger partial charge < -0.3 is 29.4 Å². The molecule has 1 heterocycles. The molecule has 1 aliphatic heterocycles. The lowest BCUT2D eigenvalue weighted by molar-refractivity contribution is -0.385. The monoisotopic (exact) mass is 639 g/mol. The summed E-state index contributed by atoms with van der Waals surface area (Å²) in [6.07, 6.45) is -0.773. The van der Waals surface area contributed by atoms with Gasteiger partial charge in [0.1, 0.15) is 36.7 Å². The van der Waals surface area contributed by atoms with Crippen LogP contribution in [0.2, 0.25) is 0 Å². The van der Waals surface area contributed by atoms with E-state index in [4.69, 9.17) is 18.9 Å². The number of hydrogen-bond donors (Lipinski definition) is 2. The van der Waals surface area contributed by atoms with E-state index in [1.807, 2.05) is 45.9 Å². The van der Waals surface area contributed by atoms with Crippen molar-refractivity contribution in [2.45, 2.75) is 53.6 Å². The molecule has 46 heavy (non-hydrogen) atoms. The largest absolute Gasteiger partial charge is 0.492 e. The summed E-state index contributed by atoms with van der Waals surface area (Å²) in [6.45, 7) is 12.0. The normalized spacial score (nSPS) is 17.0. The number of allylic oxidation sites excluding steroid dienone is 1. The number of hydrogen-bond acceptors (Lipinski definition) is 11. The Hall–Kier alpha value is -4.29. The Balaban J connectivity index is 1.87. The Morgan fingerprint density at radius 1 is 0.978 bits per heavy atom. The van der Waals surface area contributed by atoms with Gasteiger partial charge in [0.15, 0.2) is 0 Å². The number of benzene rings is 2. The van der Waals surface area contributed by atoms with Crippen molar-refractivity contribution in [1.29, 1.82) is 0 Å². The fraction of sp³-hybridized carbons (Fsp3) is 0.500. The smallest absolute Gasteiger partial charge is 0.336 e. The van der Waals surface area contributed by atoms with E-state index in [1.54, 1.807) is 26.0 Å². The van der Waals surface area contributed by atoms with Gasteiger partial charge in [-0.05, 0) is 43.9 Å². The fourth-order valence-electron chi connectivity index (χ4n) is 4.90. The van der Waals surface area contributed by atoms with Gasteiger partial charge in [0.25, 0.3) is 5.69 Å². The number of para-hydroxylation sites is 1. The Labute approximate surface area is 269 Å². The van der Waals surface area contributed by atoms with E-state index in [1.165, 1.54) is 18.2 Å². The summed E-state index contributed by atoms with van der Waals surface area (Å²) in [5.41, 5.74) is 0.895. The first kappa shape index (κ1) is 36.2. The summed E-state index contributed by atoms with van der Waals surface area (Å²) in [5.74, 6) is -2.32. The summed E-state index contributed by atoms with van der Waals surface area (Å²) in [7, 11) is 0. The maximum Gasteiger partial charge on any atom is 0.336 e. The zero-order valence-corrected chi connectivity index (χ0v) is 27.4. The lowest BCUT2D eigenvalue weighted by Gasteiger charge is -2.32. The lowest BCUT2D eigenvalue weighted by Crippen LogP contribution is -2.37. The molecule has 0 saturated heterocycles. The van der Waals surface area contributed by atoms with Crippen LogP contribution in [0.5, 0.6) is 11.5 Å². The average molecular weight is 640 g/mol. The molecule has 1 aliphatic rings. The fourth-order valence-corrected chi connectivity index (χ4v) is 4.90. The van der Waals surface area contributed by atoms with E-state index in [0.29, 0.717) is 23.7 Å². The van der Waals surface area contributed by atoms with Crippen LogP contribution in [0.4, 0.5) is 5.69 Å². The summed E-state index contributed by atoms with van der Waals surface area (Å²) in [6, 6.07) is 13.3. The topological polar surface area (TPSA) is 159 Å². The van der Waals surface area contributed by atoms with E-state index in [9.17, 15) is 24.8 Å². The molecule has 0 saturated carbocycles. The Morgan fingerprint density at radius 3 is 2.30 bits per heavy atom. The number of nitro benzene ring substituents is 1. The molecule has 0 amide bonds. The molecule has 0 aromatic heterocycles. The van der Waals surface area contributed by atoms with E-state index >= 15 is 0 Å². The molecule has 3 unspecified atom stereocenters. The molecule has 12 nitrogen and oxygen atoms in total. The third-order valence-electron chi connectivity index (χ3n) is 7.05. The van der Waals surface area contributed by atoms with Crippen LogP contribution in [0.15, 0.2) is 64.8 Å². The molecule has 0 bridgehead atoms. The predicted molar refractivity (Wildman–Crippen MR) is 173 cm³/mol. The number of aliphatic hydroxyl groups is 1. The van der Waals surface area contributed by atoms with Crippen molar-refractivity contribution in [2.75, 3.05) is 39.5 Å². The highest BCUT2D eigenvalue weighted by atomic mass is 16.6. The SMILES string of the molecule is CC1=NC(C)=C(C(=O)OCC(C)C)C(c2cc([N+](=O)[O-])ccc2OCCNCC(O)COc2ccccc2)C1C(=O)OCC(C)C. The number of carbonyl (C=O) groups excluding carboxylic acids is 2. The van der Waals surface area contributed by atoms with Crippen LogP contribution in [0, 0.1) is 27.9 Å². The lowest BCUT2D eigenvalue weighted by atomic mass is 9.75. The molecule has 0 fully saturated rings. The van der Waals surface area contributed by atoms with Gasteiger partial charge in [0.05, 0.1) is 23.7 Å². The van der Waals surface area contributed by atoms with Gasteiger partial charge in [0, 0.05) is 48.1 Å². The molecular weight excluding hydrogens is 594 g/mol. The van der Waals surface area contributed by atoms with Crippen LogP contribution in [0.25, 0.3) is 0 Å². The van der Waals surface area contributed by atoms with Crippen molar-refractivity contribution in [2.24, 2.45) is 22.7 Å². The number of non-ortho nitro benzene ring substituents is 1. The van der Waals surface area contributed by atoms with Crippen LogP contribution in [-0.4, -0.2) is 73.3 Å². The number of aliphatic hydroxyl groups excluding tert-OH is 1. The second kappa shape index (κ2) is 17.4. The molecule has 2 aromatic rings. The summed E-state index contributed by atoms with van der Waals surface area (Å²) < 4.78 is 22.9. The van der Waals surface area contributed by atoms with E-state index in [2.05, 4.69) is 10.3 Å². The number of ether oxygens (including phenoxy) is 4. The molecule has 2 N–H and O–H groups in total. The summed E-state index contributed by atoms with van der Waals surface area (Å²) in [5, 5.41) is 25.3. The molecule has 250 valence electrons. The zero-order chi connectivity index (χ0) is 33.8. The quantitative estimate of drug-likeness (QED) is 0.106. The maximum absolute atomic E-state index is 13.6. The van der Waals surface area contributed by atoms with Crippen LogP contribution >= 0.6 is 0 Å². The predicted octanol–water partition coefficient (Wildman–Crippen LogP) is 4.85. The first-order chi connectivity index (χ1) is 21.9. The Morgan fingerprint density at radius 2 is 1.65 bits per heavy atom. The van der Waals surface area contributed by atoms with Crippen LogP contribution in [-0.2, 0) is 19.1 Å². The van der Waals surface area contributed by atoms with Crippen LogP contribution in [0.3, 0.4) is 0 Å². The minimum atomic E-state index is -1.05. The summed E-state index contributed by atoms with van der Waals surface area (Å²) in [4.78, 5) is 43.0. The van der Waals surface area contributed by atoms with E-state index in [-0.39, 0.29) is 67.4 Å². The van der Waals surface area contributed by atoms with E-state index < -0.39 is 34.8 Å². The minimum Gasteiger partial charge on any atom is -0.492 e.